The number of ether oxygens (including phenoxy) is 1. The highest BCUT2D eigenvalue weighted by molar-refractivity contribution is 5.61. The SMILES string of the molecule is Nc1ccc(F)c(-c2nnnn2CC2CCCOC2)c1. The second-order valence-electron chi connectivity index (χ2n) is 5.01. The summed E-state index contributed by atoms with van der Waals surface area (Å²) in [4.78, 5) is 0. The summed E-state index contributed by atoms with van der Waals surface area (Å²) in [5.74, 6) is 0.380. The van der Waals surface area contributed by atoms with Crippen LogP contribution in [0.15, 0.2) is 18.2 Å². The molecule has 3 rings (SSSR count). The Labute approximate surface area is 115 Å². The number of rotatable bonds is 3. The van der Waals surface area contributed by atoms with Gasteiger partial charge in [-0.1, -0.05) is 0 Å². The number of anilines is 1. The quantitative estimate of drug-likeness (QED) is 0.860. The Morgan fingerprint density at radius 2 is 2.35 bits per heavy atom. The Bertz CT molecular complexity index is 594. The number of nitrogen functional groups attached to an aromatic ring is 1. The van der Waals surface area contributed by atoms with Gasteiger partial charge in [-0.3, -0.25) is 0 Å². The molecule has 2 heterocycles. The van der Waals surface area contributed by atoms with Crippen molar-refractivity contribution in [2.45, 2.75) is 19.4 Å². The van der Waals surface area contributed by atoms with Crippen LogP contribution in [-0.2, 0) is 11.3 Å². The van der Waals surface area contributed by atoms with E-state index >= 15 is 0 Å². The first-order valence-corrected chi connectivity index (χ1v) is 6.63. The largest absolute Gasteiger partial charge is 0.399 e. The van der Waals surface area contributed by atoms with Gasteiger partial charge in [0.05, 0.1) is 18.7 Å². The molecule has 2 aromatic rings. The third-order valence-corrected chi connectivity index (χ3v) is 3.45. The summed E-state index contributed by atoms with van der Waals surface area (Å²) in [6, 6.07) is 4.39. The Balaban J connectivity index is 1.87. The maximum Gasteiger partial charge on any atom is 0.185 e. The van der Waals surface area contributed by atoms with Crippen molar-refractivity contribution in [3.05, 3.63) is 24.0 Å². The van der Waals surface area contributed by atoms with Gasteiger partial charge >= 0.3 is 0 Å². The molecule has 0 aliphatic carbocycles. The monoisotopic (exact) mass is 277 g/mol. The van der Waals surface area contributed by atoms with Gasteiger partial charge in [0.2, 0.25) is 0 Å². The molecule has 0 amide bonds. The Hall–Kier alpha value is -2.02. The molecule has 7 heteroatoms. The second kappa shape index (κ2) is 5.54. The molecular formula is C13H16FN5O. The Morgan fingerprint density at radius 3 is 3.15 bits per heavy atom. The normalized spacial score (nSPS) is 19.1. The van der Waals surface area contributed by atoms with E-state index in [-0.39, 0.29) is 5.82 Å². The van der Waals surface area contributed by atoms with E-state index in [9.17, 15) is 4.39 Å². The molecule has 1 fully saturated rings. The minimum absolute atomic E-state index is 0.326. The molecule has 6 nitrogen and oxygen atoms in total. The number of halogens is 1. The Morgan fingerprint density at radius 1 is 1.45 bits per heavy atom. The number of nitrogens with two attached hydrogens (primary N) is 1. The van der Waals surface area contributed by atoms with Crippen LogP contribution < -0.4 is 5.73 Å². The first kappa shape index (κ1) is 13.0. The lowest BCUT2D eigenvalue weighted by Gasteiger charge is -2.21. The molecule has 0 saturated carbocycles. The molecule has 106 valence electrons. The van der Waals surface area contributed by atoms with Gasteiger partial charge in [0.25, 0.3) is 0 Å². The third kappa shape index (κ3) is 2.62. The minimum atomic E-state index is -0.379. The van der Waals surface area contributed by atoms with Crippen LogP contribution in [0.4, 0.5) is 10.1 Å². The molecule has 1 aliphatic rings. The molecule has 0 spiro atoms. The van der Waals surface area contributed by atoms with Gasteiger partial charge in [-0.05, 0) is 41.5 Å². The molecule has 0 radical (unpaired) electrons. The summed E-state index contributed by atoms with van der Waals surface area (Å²) >= 11 is 0. The lowest BCUT2D eigenvalue weighted by Crippen LogP contribution is -2.23. The lowest BCUT2D eigenvalue weighted by atomic mass is 10.0. The van der Waals surface area contributed by atoms with Crippen molar-refractivity contribution in [2.75, 3.05) is 18.9 Å². The van der Waals surface area contributed by atoms with E-state index in [1.54, 1.807) is 10.7 Å². The van der Waals surface area contributed by atoms with Crippen molar-refractivity contribution in [2.24, 2.45) is 5.92 Å². The Kier molecular flexibility index (Phi) is 3.60. The van der Waals surface area contributed by atoms with E-state index in [1.165, 1.54) is 12.1 Å². The van der Waals surface area contributed by atoms with E-state index in [2.05, 4.69) is 15.5 Å². The van der Waals surface area contributed by atoms with Crippen LogP contribution in [-0.4, -0.2) is 33.4 Å². The van der Waals surface area contributed by atoms with Crippen molar-refractivity contribution >= 4 is 5.69 Å². The zero-order valence-electron chi connectivity index (χ0n) is 11.0. The molecule has 20 heavy (non-hydrogen) atoms. The average molecular weight is 277 g/mol. The van der Waals surface area contributed by atoms with Gasteiger partial charge in [-0.25, -0.2) is 9.07 Å². The van der Waals surface area contributed by atoms with Crippen molar-refractivity contribution in [1.29, 1.82) is 0 Å². The summed E-state index contributed by atoms with van der Waals surface area (Å²) in [7, 11) is 0. The van der Waals surface area contributed by atoms with Crippen molar-refractivity contribution in [3.8, 4) is 11.4 Å². The van der Waals surface area contributed by atoms with Gasteiger partial charge in [0.1, 0.15) is 5.82 Å². The van der Waals surface area contributed by atoms with Crippen LogP contribution in [0.3, 0.4) is 0 Å². The number of tetrazole rings is 1. The van der Waals surface area contributed by atoms with Gasteiger partial charge in [0, 0.05) is 18.2 Å². The molecule has 1 unspecified atom stereocenters. The fourth-order valence-corrected chi connectivity index (χ4v) is 2.43. The zero-order chi connectivity index (χ0) is 13.9. The minimum Gasteiger partial charge on any atom is -0.399 e. The van der Waals surface area contributed by atoms with Gasteiger partial charge < -0.3 is 10.5 Å². The van der Waals surface area contributed by atoms with Crippen LogP contribution in [0.25, 0.3) is 11.4 Å². The summed E-state index contributed by atoms with van der Waals surface area (Å²) in [6.07, 6.45) is 2.10. The number of aromatic nitrogens is 4. The maximum absolute atomic E-state index is 13.9. The summed E-state index contributed by atoms with van der Waals surface area (Å²) in [5, 5.41) is 11.5. The summed E-state index contributed by atoms with van der Waals surface area (Å²) < 4.78 is 21.0. The second-order valence-corrected chi connectivity index (χ2v) is 5.01. The number of hydrogen-bond donors (Lipinski definition) is 1. The molecule has 1 aromatic heterocycles. The van der Waals surface area contributed by atoms with Gasteiger partial charge in [-0.15, -0.1) is 5.10 Å². The molecule has 1 aromatic carbocycles. The maximum atomic E-state index is 13.9. The van der Waals surface area contributed by atoms with E-state index in [0.717, 1.165) is 19.4 Å². The molecule has 1 atom stereocenters. The van der Waals surface area contributed by atoms with Gasteiger partial charge in [-0.2, -0.15) is 0 Å². The van der Waals surface area contributed by atoms with E-state index in [1.807, 2.05) is 0 Å². The predicted molar refractivity (Wildman–Crippen MR) is 71.2 cm³/mol. The van der Waals surface area contributed by atoms with Crippen molar-refractivity contribution < 1.29 is 9.13 Å². The fraction of sp³-hybridized carbons (Fsp3) is 0.462. The highest BCUT2D eigenvalue weighted by Crippen LogP contribution is 2.24. The van der Waals surface area contributed by atoms with Crippen molar-refractivity contribution in [1.82, 2.24) is 20.2 Å². The van der Waals surface area contributed by atoms with Crippen LogP contribution in [0.5, 0.6) is 0 Å². The number of nitrogens with zero attached hydrogens (tertiary/aromatic N) is 4. The van der Waals surface area contributed by atoms with E-state index in [0.29, 0.717) is 36.1 Å². The fourth-order valence-electron chi connectivity index (χ4n) is 2.43. The average Bonchev–Trinajstić information content (AvgIpc) is 2.91. The highest BCUT2D eigenvalue weighted by Gasteiger charge is 2.19. The number of benzene rings is 1. The molecular weight excluding hydrogens is 261 g/mol. The topological polar surface area (TPSA) is 78.9 Å². The van der Waals surface area contributed by atoms with E-state index < -0.39 is 0 Å². The molecule has 1 aliphatic heterocycles. The highest BCUT2D eigenvalue weighted by atomic mass is 19.1. The smallest absolute Gasteiger partial charge is 0.185 e. The summed E-state index contributed by atoms with van der Waals surface area (Å²) in [6.45, 7) is 2.12. The predicted octanol–water partition coefficient (Wildman–Crippen LogP) is 1.49. The van der Waals surface area contributed by atoms with Crippen LogP contribution in [0.1, 0.15) is 12.8 Å². The molecule has 1 saturated heterocycles. The zero-order valence-corrected chi connectivity index (χ0v) is 11.0. The van der Waals surface area contributed by atoms with Crippen LogP contribution in [0.2, 0.25) is 0 Å². The van der Waals surface area contributed by atoms with Gasteiger partial charge in [0.15, 0.2) is 5.82 Å². The molecule has 2 N–H and O–H groups in total. The van der Waals surface area contributed by atoms with Crippen LogP contribution in [0, 0.1) is 11.7 Å². The first-order chi connectivity index (χ1) is 9.74. The first-order valence-electron chi connectivity index (χ1n) is 6.63. The number of hydrogen-bond acceptors (Lipinski definition) is 5. The van der Waals surface area contributed by atoms with Crippen LogP contribution >= 0.6 is 0 Å². The standard InChI is InChI=1S/C13H16FN5O/c14-12-4-3-10(15)6-11(12)13-16-17-18-19(13)7-9-2-1-5-20-8-9/h3-4,6,9H,1-2,5,7-8,15H2. The molecule has 0 bridgehead atoms. The summed E-state index contributed by atoms with van der Waals surface area (Å²) in [5.41, 5.74) is 6.51. The van der Waals surface area contributed by atoms with E-state index in [4.69, 9.17) is 10.5 Å². The third-order valence-electron chi connectivity index (χ3n) is 3.45. The lowest BCUT2D eigenvalue weighted by molar-refractivity contribution is 0.0470. The van der Waals surface area contributed by atoms with Crippen molar-refractivity contribution in [3.63, 3.8) is 0 Å².